The Morgan fingerprint density at radius 1 is 1.67 bits per heavy atom. The van der Waals surface area contributed by atoms with Gasteiger partial charge in [0, 0.05) is 12.1 Å². The van der Waals surface area contributed by atoms with E-state index in [2.05, 4.69) is 9.64 Å². The molecule has 0 saturated carbocycles. The first-order valence-electron chi connectivity index (χ1n) is 6.18. The highest BCUT2D eigenvalue weighted by Crippen LogP contribution is 2.19. The molecule has 18 heavy (non-hydrogen) atoms. The molecule has 100 valence electrons. The first kappa shape index (κ1) is 13.1. The maximum absolute atomic E-state index is 11.4. The van der Waals surface area contributed by atoms with E-state index in [4.69, 9.17) is 4.42 Å². The van der Waals surface area contributed by atoms with Crippen LogP contribution in [0.15, 0.2) is 10.5 Å². The lowest BCUT2D eigenvalue weighted by molar-refractivity contribution is 0.0538. The van der Waals surface area contributed by atoms with Gasteiger partial charge in [0.15, 0.2) is 0 Å². The highest BCUT2D eigenvalue weighted by molar-refractivity contribution is 5.87. The van der Waals surface area contributed by atoms with E-state index in [1.54, 1.807) is 0 Å². The van der Waals surface area contributed by atoms with Gasteiger partial charge in [-0.1, -0.05) is 0 Å². The van der Waals surface area contributed by atoms with Gasteiger partial charge in [-0.2, -0.15) is 0 Å². The molecule has 0 amide bonds. The number of β-amino-alcohol motifs (C(OH)–C–C–N with tert-alkyl or cyclic N) is 1. The third kappa shape index (κ3) is 2.91. The molecule has 1 atom stereocenters. The second kappa shape index (κ2) is 5.54. The minimum Gasteiger partial charge on any atom is -0.463 e. The van der Waals surface area contributed by atoms with Crippen LogP contribution in [0.3, 0.4) is 0 Å². The predicted octanol–water partition coefficient (Wildman–Crippen LogP) is 1.33. The predicted molar refractivity (Wildman–Crippen MR) is 65.3 cm³/mol. The lowest BCUT2D eigenvalue weighted by Crippen LogP contribution is -2.37. The summed E-state index contributed by atoms with van der Waals surface area (Å²) < 4.78 is 10.2. The number of hydrogen-bond donors (Lipinski definition) is 1. The molecule has 1 aliphatic heterocycles. The number of aryl methyl sites for hydroxylation is 1. The highest BCUT2D eigenvalue weighted by atomic mass is 16.5. The number of carbonyl (C=O) groups excluding carboxylic acids is 1. The molecule has 0 unspecified atom stereocenters. The molecule has 0 bridgehead atoms. The van der Waals surface area contributed by atoms with E-state index in [1.165, 1.54) is 7.11 Å². The first-order chi connectivity index (χ1) is 8.60. The Bertz CT molecular complexity index is 427. The number of ether oxygens (including phenoxy) is 1. The molecule has 0 aromatic carbocycles. The maximum atomic E-state index is 11.4. The van der Waals surface area contributed by atoms with Crippen molar-refractivity contribution < 1.29 is 19.1 Å². The minimum absolute atomic E-state index is 0.255. The van der Waals surface area contributed by atoms with Crippen LogP contribution >= 0.6 is 0 Å². The van der Waals surface area contributed by atoms with Crippen molar-refractivity contribution in [2.45, 2.75) is 32.4 Å². The second-order valence-electron chi connectivity index (χ2n) is 4.75. The zero-order chi connectivity index (χ0) is 13.1. The number of likely N-dealkylation sites (tertiary alicyclic amines) is 1. The van der Waals surface area contributed by atoms with Crippen molar-refractivity contribution in [2.75, 3.05) is 20.2 Å². The Kier molecular flexibility index (Phi) is 4.04. The van der Waals surface area contributed by atoms with Crippen molar-refractivity contribution in [1.82, 2.24) is 4.90 Å². The fourth-order valence-electron chi connectivity index (χ4n) is 2.32. The average molecular weight is 253 g/mol. The van der Waals surface area contributed by atoms with Crippen molar-refractivity contribution >= 4 is 5.97 Å². The normalized spacial score (nSPS) is 20.9. The van der Waals surface area contributed by atoms with Gasteiger partial charge in [0.2, 0.25) is 5.76 Å². The Morgan fingerprint density at radius 3 is 3.11 bits per heavy atom. The third-order valence-electron chi connectivity index (χ3n) is 3.20. The molecule has 0 radical (unpaired) electrons. The smallest absolute Gasteiger partial charge is 0.374 e. The Hall–Kier alpha value is -1.33. The fourth-order valence-corrected chi connectivity index (χ4v) is 2.32. The molecule has 1 fully saturated rings. The Morgan fingerprint density at radius 2 is 2.44 bits per heavy atom. The van der Waals surface area contributed by atoms with Gasteiger partial charge < -0.3 is 14.3 Å². The summed E-state index contributed by atoms with van der Waals surface area (Å²) in [5, 5.41) is 9.60. The summed E-state index contributed by atoms with van der Waals surface area (Å²) in [6.07, 6.45) is 1.60. The molecule has 0 aliphatic carbocycles. The lowest BCUT2D eigenvalue weighted by Gasteiger charge is -2.29. The van der Waals surface area contributed by atoms with Crippen LogP contribution in [-0.4, -0.2) is 42.3 Å². The van der Waals surface area contributed by atoms with Crippen molar-refractivity contribution in [2.24, 2.45) is 0 Å². The van der Waals surface area contributed by atoms with Crippen LogP contribution in [0.5, 0.6) is 0 Å². The molecule has 2 heterocycles. The van der Waals surface area contributed by atoms with Crippen molar-refractivity contribution in [1.29, 1.82) is 0 Å². The van der Waals surface area contributed by atoms with Gasteiger partial charge in [0.05, 0.1) is 19.8 Å². The SMILES string of the molecule is COC(=O)c1oc(CN2CCC[C@@H](O)C2)cc1C. The van der Waals surface area contributed by atoms with Crippen LogP contribution in [0, 0.1) is 6.92 Å². The minimum atomic E-state index is -0.447. The van der Waals surface area contributed by atoms with Crippen LogP contribution in [0.2, 0.25) is 0 Å². The maximum Gasteiger partial charge on any atom is 0.374 e. The summed E-state index contributed by atoms with van der Waals surface area (Å²) in [5.41, 5.74) is 0.786. The number of aliphatic hydroxyl groups excluding tert-OH is 1. The number of esters is 1. The number of furan rings is 1. The molecule has 1 N–H and O–H groups in total. The van der Waals surface area contributed by atoms with Gasteiger partial charge in [0.25, 0.3) is 0 Å². The van der Waals surface area contributed by atoms with Crippen LogP contribution in [0.4, 0.5) is 0 Å². The molecular formula is C13H19NO4. The zero-order valence-corrected chi connectivity index (χ0v) is 10.8. The number of piperidine rings is 1. The number of aliphatic hydroxyl groups is 1. The summed E-state index contributed by atoms with van der Waals surface area (Å²) in [6.45, 7) is 4.05. The third-order valence-corrected chi connectivity index (χ3v) is 3.20. The summed E-state index contributed by atoms with van der Waals surface area (Å²) in [6, 6.07) is 1.85. The second-order valence-corrected chi connectivity index (χ2v) is 4.75. The molecule has 1 aromatic heterocycles. The lowest BCUT2D eigenvalue weighted by atomic mass is 10.1. The van der Waals surface area contributed by atoms with Crippen molar-refractivity contribution in [3.05, 3.63) is 23.2 Å². The standard InChI is InChI=1S/C13H19NO4/c1-9-6-11(18-12(9)13(16)17-2)8-14-5-3-4-10(15)7-14/h6,10,15H,3-5,7-8H2,1-2H3/t10-/m1/s1. The molecule has 1 aromatic rings. The highest BCUT2D eigenvalue weighted by Gasteiger charge is 2.21. The molecular weight excluding hydrogens is 234 g/mol. The van der Waals surface area contributed by atoms with Gasteiger partial charge in [-0.15, -0.1) is 0 Å². The largest absolute Gasteiger partial charge is 0.463 e. The number of methoxy groups -OCH3 is 1. The van der Waals surface area contributed by atoms with Gasteiger partial charge >= 0.3 is 5.97 Å². The van der Waals surface area contributed by atoms with Crippen LogP contribution in [0.25, 0.3) is 0 Å². The van der Waals surface area contributed by atoms with Gasteiger partial charge in [-0.25, -0.2) is 4.79 Å². The van der Waals surface area contributed by atoms with Gasteiger partial charge in [-0.3, -0.25) is 4.90 Å². The number of hydrogen-bond acceptors (Lipinski definition) is 5. The van der Waals surface area contributed by atoms with Crippen molar-refractivity contribution in [3.63, 3.8) is 0 Å². The molecule has 5 nitrogen and oxygen atoms in total. The Balaban J connectivity index is 2.03. The summed E-state index contributed by atoms with van der Waals surface area (Å²) >= 11 is 0. The number of nitrogens with zero attached hydrogens (tertiary/aromatic N) is 1. The number of carbonyl (C=O) groups is 1. The summed E-state index contributed by atoms with van der Waals surface area (Å²) in [4.78, 5) is 13.6. The van der Waals surface area contributed by atoms with Crippen LogP contribution in [-0.2, 0) is 11.3 Å². The first-order valence-corrected chi connectivity index (χ1v) is 6.18. The monoisotopic (exact) mass is 253 g/mol. The van der Waals surface area contributed by atoms with E-state index < -0.39 is 5.97 Å². The topological polar surface area (TPSA) is 62.9 Å². The summed E-state index contributed by atoms with van der Waals surface area (Å²) in [5.74, 6) is 0.560. The van der Waals surface area contributed by atoms with E-state index in [0.29, 0.717) is 13.1 Å². The van der Waals surface area contributed by atoms with Crippen LogP contribution < -0.4 is 0 Å². The van der Waals surface area contributed by atoms with E-state index in [9.17, 15) is 9.90 Å². The van der Waals surface area contributed by atoms with E-state index in [-0.39, 0.29) is 11.9 Å². The molecule has 5 heteroatoms. The number of rotatable bonds is 3. The zero-order valence-electron chi connectivity index (χ0n) is 10.8. The van der Waals surface area contributed by atoms with Gasteiger partial charge in [0.1, 0.15) is 5.76 Å². The van der Waals surface area contributed by atoms with E-state index in [1.807, 2.05) is 13.0 Å². The Labute approximate surface area is 106 Å². The molecule has 1 saturated heterocycles. The van der Waals surface area contributed by atoms with Crippen molar-refractivity contribution in [3.8, 4) is 0 Å². The van der Waals surface area contributed by atoms with Gasteiger partial charge in [-0.05, 0) is 32.4 Å². The molecule has 0 spiro atoms. The summed E-state index contributed by atoms with van der Waals surface area (Å²) in [7, 11) is 1.34. The van der Waals surface area contributed by atoms with E-state index in [0.717, 1.165) is 30.7 Å². The molecule has 1 aliphatic rings. The average Bonchev–Trinajstić information content (AvgIpc) is 2.69. The van der Waals surface area contributed by atoms with E-state index >= 15 is 0 Å². The quantitative estimate of drug-likeness (QED) is 0.823. The molecule has 2 rings (SSSR count). The van der Waals surface area contributed by atoms with Crippen LogP contribution in [0.1, 0.15) is 34.7 Å². The fraction of sp³-hybridized carbons (Fsp3) is 0.615.